The van der Waals surface area contributed by atoms with Crippen LogP contribution in [0.3, 0.4) is 0 Å². The number of aliphatic imine (C=N–C) groups is 1. The van der Waals surface area contributed by atoms with Gasteiger partial charge >= 0.3 is 0 Å². The van der Waals surface area contributed by atoms with Crippen molar-refractivity contribution in [2.75, 3.05) is 19.6 Å². The summed E-state index contributed by atoms with van der Waals surface area (Å²) in [6, 6.07) is 12.0. The number of amides is 1. The molecule has 0 spiro atoms. The minimum atomic E-state index is 0. The average molecular weight is 542 g/mol. The van der Waals surface area contributed by atoms with E-state index >= 15 is 0 Å². The minimum Gasteiger partial charge on any atom is -0.357 e. The van der Waals surface area contributed by atoms with E-state index in [-0.39, 0.29) is 29.9 Å². The molecule has 2 atom stereocenters. The number of likely N-dealkylation sites (tertiary alicyclic amines) is 1. The predicted octanol–water partition coefficient (Wildman–Crippen LogP) is 3.66. The molecule has 1 aliphatic heterocycles. The Balaban J connectivity index is 0.00000341. The van der Waals surface area contributed by atoms with E-state index in [0.717, 1.165) is 51.3 Å². The molecule has 6 nitrogen and oxygen atoms in total. The highest BCUT2D eigenvalue weighted by Gasteiger charge is 2.26. The number of piperidine rings is 1. The van der Waals surface area contributed by atoms with E-state index in [1.165, 1.54) is 18.4 Å². The summed E-state index contributed by atoms with van der Waals surface area (Å²) in [6.07, 6.45) is 7.38. The number of guanidine groups is 1. The van der Waals surface area contributed by atoms with Crippen molar-refractivity contribution in [1.29, 1.82) is 0 Å². The Kier molecular flexibility index (Phi) is 11.6. The number of rotatable bonds is 8. The van der Waals surface area contributed by atoms with E-state index in [1.807, 2.05) is 0 Å². The van der Waals surface area contributed by atoms with Gasteiger partial charge in [0.1, 0.15) is 0 Å². The fourth-order valence-corrected chi connectivity index (χ4v) is 4.56. The second kappa shape index (κ2) is 13.9. The van der Waals surface area contributed by atoms with E-state index < -0.39 is 0 Å². The van der Waals surface area contributed by atoms with Crippen LogP contribution in [0, 0.1) is 0 Å². The van der Waals surface area contributed by atoms with Crippen molar-refractivity contribution in [3.63, 3.8) is 0 Å². The standard InChI is InChI=1S/C24H39N5O.HI/c1-3-25-24(26-15-13-23(30)27-21-11-7-8-12-21)28-22-14-16-29(19(2)17-22)18-20-9-5-4-6-10-20;/h4-6,9-10,19,21-22H,3,7-8,11-18H2,1-2H3,(H,27,30)(H2,25,26,28);1H. The van der Waals surface area contributed by atoms with Gasteiger partial charge in [-0.25, -0.2) is 0 Å². The van der Waals surface area contributed by atoms with Crippen LogP contribution in [0.2, 0.25) is 0 Å². The highest BCUT2D eigenvalue weighted by molar-refractivity contribution is 14.0. The lowest BCUT2D eigenvalue weighted by molar-refractivity contribution is -0.121. The number of hydrogen-bond acceptors (Lipinski definition) is 3. The van der Waals surface area contributed by atoms with E-state index in [0.29, 0.717) is 31.1 Å². The number of halogens is 1. The summed E-state index contributed by atoms with van der Waals surface area (Å²) in [6.45, 7) is 7.83. The highest BCUT2D eigenvalue weighted by atomic mass is 127. The molecule has 3 rings (SSSR count). The lowest BCUT2D eigenvalue weighted by atomic mass is 9.97. The molecule has 1 heterocycles. The van der Waals surface area contributed by atoms with Crippen LogP contribution >= 0.6 is 24.0 Å². The molecule has 31 heavy (non-hydrogen) atoms. The maximum Gasteiger partial charge on any atom is 0.222 e. The molecule has 1 saturated heterocycles. The fraction of sp³-hybridized carbons (Fsp3) is 0.667. The van der Waals surface area contributed by atoms with Gasteiger partial charge in [0.25, 0.3) is 0 Å². The van der Waals surface area contributed by atoms with Crippen LogP contribution in [-0.2, 0) is 11.3 Å². The first kappa shape index (κ1) is 25.9. The molecule has 2 fully saturated rings. The molecule has 7 heteroatoms. The van der Waals surface area contributed by atoms with Gasteiger partial charge in [-0.05, 0) is 45.1 Å². The van der Waals surface area contributed by atoms with Crippen LogP contribution in [0.5, 0.6) is 0 Å². The maximum atomic E-state index is 12.1. The molecule has 1 saturated carbocycles. The second-order valence-corrected chi connectivity index (χ2v) is 8.73. The molecule has 0 radical (unpaired) electrons. The van der Waals surface area contributed by atoms with Gasteiger partial charge in [-0.15, -0.1) is 24.0 Å². The zero-order valence-corrected chi connectivity index (χ0v) is 21.4. The van der Waals surface area contributed by atoms with Gasteiger partial charge in [-0.1, -0.05) is 43.2 Å². The van der Waals surface area contributed by atoms with Gasteiger partial charge in [-0.2, -0.15) is 0 Å². The lowest BCUT2D eigenvalue weighted by Crippen LogP contribution is -2.51. The Labute approximate surface area is 205 Å². The van der Waals surface area contributed by atoms with Crippen LogP contribution in [0.25, 0.3) is 0 Å². The Morgan fingerprint density at radius 2 is 1.84 bits per heavy atom. The highest BCUT2D eigenvalue weighted by Crippen LogP contribution is 2.20. The summed E-state index contributed by atoms with van der Waals surface area (Å²) in [7, 11) is 0. The molecular weight excluding hydrogens is 501 g/mol. The number of carbonyl (C=O) groups excluding carboxylic acids is 1. The van der Waals surface area contributed by atoms with Gasteiger partial charge < -0.3 is 16.0 Å². The third-order valence-corrected chi connectivity index (χ3v) is 6.26. The largest absolute Gasteiger partial charge is 0.357 e. The van der Waals surface area contributed by atoms with Crippen molar-refractivity contribution >= 4 is 35.8 Å². The first-order chi connectivity index (χ1) is 14.6. The summed E-state index contributed by atoms with van der Waals surface area (Å²) in [5.74, 6) is 0.962. The third kappa shape index (κ3) is 8.96. The second-order valence-electron chi connectivity index (χ2n) is 8.73. The van der Waals surface area contributed by atoms with Crippen molar-refractivity contribution in [2.24, 2.45) is 4.99 Å². The zero-order valence-electron chi connectivity index (χ0n) is 19.1. The topological polar surface area (TPSA) is 68.8 Å². The van der Waals surface area contributed by atoms with E-state index in [2.05, 4.69) is 70.0 Å². The van der Waals surface area contributed by atoms with Gasteiger partial charge in [0.2, 0.25) is 5.91 Å². The van der Waals surface area contributed by atoms with E-state index in [1.54, 1.807) is 0 Å². The van der Waals surface area contributed by atoms with Crippen molar-refractivity contribution in [1.82, 2.24) is 20.9 Å². The molecule has 1 aromatic carbocycles. The van der Waals surface area contributed by atoms with Crippen LogP contribution < -0.4 is 16.0 Å². The van der Waals surface area contributed by atoms with Gasteiger partial charge in [0.15, 0.2) is 5.96 Å². The first-order valence-corrected chi connectivity index (χ1v) is 11.8. The molecule has 1 aromatic rings. The van der Waals surface area contributed by atoms with Gasteiger partial charge in [0.05, 0.1) is 6.54 Å². The van der Waals surface area contributed by atoms with Gasteiger partial charge in [0, 0.05) is 44.2 Å². The predicted molar refractivity (Wildman–Crippen MR) is 139 cm³/mol. The zero-order chi connectivity index (χ0) is 21.2. The van der Waals surface area contributed by atoms with Crippen molar-refractivity contribution < 1.29 is 4.79 Å². The summed E-state index contributed by atoms with van der Waals surface area (Å²) < 4.78 is 0. The number of nitrogens with zero attached hydrogens (tertiary/aromatic N) is 2. The van der Waals surface area contributed by atoms with Crippen LogP contribution in [-0.4, -0.2) is 54.5 Å². The first-order valence-electron chi connectivity index (χ1n) is 11.8. The molecule has 2 unspecified atom stereocenters. The van der Waals surface area contributed by atoms with Crippen LogP contribution in [0.4, 0.5) is 0 Å². The smallest absolute Gasteiger partial charge is 0.222 e. The molecule has 2 aliphatic rings. The fourth-order valence-electron chi connectivity index (χ4n) is 4.56. The van der Waals surface area contributed by atoms with Crippen molar-refractivity contribution in [3.05, 3.63) is 35.9 Å². The lowest BCUT2D eigenvalue weighted by Gasteiger charge is -2.38. The van der Waals surface area contributed by atoms with Gasteiger partial charge in [-0.3, -0.25) is 14.7 Å². The molecular formula is C24H40IN5O. The SMILES string of the molecule is CCNC(=NCCC(=O)NC1CCCC1)NC1CCN(Cc2ccccc2)C(C)C1.I. The average Bonchev–Trinajstić information content (AvgIpc) is 3.24. The monoisotopic (exact) mass is 541 g/mol. The van der Waals surface area contributed by atoms with Crippen LogP contribution in [0.1, 0.15) is 64.4 Å². The Morgan fingerprint density at radius 1 is 1.10 bits per heavy atom. The van der Waals surface area contributed by atoms with Crippen molar-refractivity contribution in [2.45, 2.75) is 83.5 Å². The Bertz CT molecular complexity index is 678. The summed E-state index contributed by atoms with van der Waals surface area (Å²) >= 11 is 0. The van der Waals surface area contributed by atoms with E-state index in [9.17, 15) is 4.79 Å². The number of carbonyl (C=O) groups is 1. The number of hydrogen-bond donors (Lipinski definition) is 3. The maximum absolute atomic E-state index is 12.1. The molecule has 3 N–H and O–H groups in total. The molecule has 0 bridgehead atoms. The van der Waals surface area contributed by atoms with Crippen LogP contribution in [0.15, 0.2) is 35.3 Å². The van der Waals surface area contributed by atoms with E-state index in [4.69, 9.17) is 0 Å². The number of nitrogens with one attached hydrogen (secondary N) is 3. The molecule has 174 valence electrons. The quantitative estimate of drug-likeness (QED) is 0.267. The third-order valence-electron chi connectivity index (χ3n) is 6.26. The summed E-state index contributed by atoms with van der Waals surface area (Å²) in [4.78, 5) is 19.3. The molecule has 1 amide bonds. The summed E-state index contributed by atoms with van der Waals surface area (Å²) in [5, 5.41) is 10.1. The summed E-state index contributed by atoms with van der Waals surface area (Å²) in [5.41, 5.74) is 1.38. The Hall–Kier alpha value is -1.35. The Morgan fingerprint density at radius 3 is 2.52 bits per heavy atom. The molecule has 0 aromatic heterocycles. The normalized spacial score (nSPS) is 22.6. The molecule has 1 aliphatic carbocycles. The minimum absolute atomic E-state index is 0. The number of benzene rings is 1. The van der Waals surface area contributed by atoms with Crippen molar-refractivity contribution in [3.8, 4) is 0 Å².